The fourth-order valence-electron chi connectivity index (χ4n) is 0.838. The second-order valence-corrected chi connectivity index (χ2v) is 2.48. The molecule has 0 bridgehead atoms. The molecule has 0 aliphatic carbocycles. The first kappa shape index (κ1) is 7.17. The molecule has 2 aromatic rings. The minimum Gasteiger partial charge on any atom is -0.368 e. The van der Waals surface area contributed by atoms with Crippen LogP contribution in [0.4, 0.5) is 5.95 Å². The molecular weight excluding hydrogens is 178 g/mol. The second kappa shape index (κ2) is 2.53. The quantitative estimate of drug-likeness (QED) is 0.604. The number of anilines is 1. The summed E-state index contributed by atoms with van der Waals surface area (Å²) < 4.78 is 0. The van der Waals surface area contributed by atoms with Gasteiger partial charge in [0.05, 0.1) is 6.20 Å². The molecule has 0 saturated carbocycles. The molecule has 12 heavy (non-hydrogen) atoms. The molecule has 0 aliphatic heterocycles. The highest BCUT2D eigenvalue weighted by atomic mass is 35.5. The van der Waals surface area contributed by atoms with Gasteiger partial charge in [0.15, 0.2) is 5.15 Å². The molecule has 5 nitrogen and oxygen atoms in total. The van der Waals surface area contributed by atoms with Gasteiger partial charge in [-0.15, -0.1) is 0 Å². The monoisotopic (exact) mass is 181 g/mol. The molecule has 60 valence electrons. The number of nitrogen functional groups attached to an aromatic ring is 1. The molecule has 2 rings (SSSR count). The van der Waals surface area contributed by atoms with Crippen LogP contribution >= 0.6 is 11.6 Å². The van der Waals surface area contributed by atoms with Crippen molar-refractivity contribution in [1.29, 1.82) is 0 Å². The Kier molecular flexibility index (Phi) is 1.51. The Bertz CT molecular complexity index is 429. The average Bonchev–Trinajstić information content (AvgIpc) is 2.07. The Labute approximate surface area is 72.6 Å². The minimum atomic E-state index is 0.166. The van der Waals surface area contributed by atoms with Gasteiger partial charge in [-0.05, 0) is 0 Å². The summed E-state index contributed by atoms with van der Waals surface area (Å²) in [6.07, 6.45) is 2.86. The molecule has 2 aromatic heterocycles. The second-order valence-electron chi connectivity index (χ2n) is 2.13. The van der Waals surface area contributed by atoms with Gasteiger partial charge in [0, 0.05) is 0 Å². The highest BCUT2D eigenvalue weighted by molar-refractivity contribution is 6.33. The number of aromatic nitrogens is 4. The fraction of sp³-hybridized carbons (Fsp3) is 0. The van der Waals surface area contributed by atoms with Gasteiger partial charge in [0.25, 0.3) is 0 Å². The van der Waals surface area contributed by atoms with Crippen LogP contribution in [0.25, 0.3) is 11.0 Å². The first-order valence-electron chi connectivity index (χ1n) is 3.16. The van der Waals surface area contributed by atoms with E-state index in [0.717, 1.165) is 0 Å². The standard InChI is InChI=1S/C6H4ClN5/c7-5-4-3(10-2-11-5)1-9-6(8)12-4/h1-2H,(H2,8,9,12). The van der Waals surface area contributed by atoms with Crippen LogP contribution < -0.4 is 5.73 Å². The number of nitrogens with two attached hydrogens (primary N) is 1. The van der Waals surface area contributed by atoms with Crippen molar-refractivity contribution in [3.8, 4) is 0 Å². The number of fused-ring (bicyclic) bond motifs is 1. The summed E-state index contributed by atoms with van der Waals surface area (Å²) in [6, 6.07) is 0. The van der Waals surface area contributed by atoms with E-state index in [1.165, 1.54) is 12.5 Å². The van der Waals surface area contributed by atoms with Gasteiger partial charge in [-0.25, -0.2) is 19.9 Å². The third kappa shape index (κ3) is 1.04. The molecule has 6 heteroatoms. The summed E-state index contributed by atoms with van der Waals surface area (Å²) in [5.41, 5.74) is 6.42. The maximum absolute atomic E-state index is 5.73. The van der Waals surface area contributed by atoms with E-state index in [1.807, 2.05) is 0 Å². The van der Waals surface area contributed by atoms with Crippen LogP contribution in [-0.4, -0.2) is 19.9 Å². The predicted octanol–water partition coefficient (Wildman–Crippen LogP) is 0.655. The Hall–Kier alpha value is -1.49. The number of hydrogen-bond donors (Lipinski definition) is 1. The number of nitrogens with zero attached hydrogens (tertiary/aromatic N) is 4. The lowest BCUT2D eigenvalue weighted by Crippen LogP contribution is -1.96. The molecular formula is C6H4ClN5. The molecule has 2 N–H and O–H groups in total. The van der Waals surface area contributed by atoms with Gasteiger partial charge in [0.2, 0.25) is 5.95 Å². The van der Waals surface area contributed by atoms with Gasteiger partial charge in [0.1, 0.15) is 17.4 Å². The fourth-order valence-corrected chi connectivity index (χ4v) is 1.02. The van der Waals surface area contributed by atoms with Crippen molar-refractivity contribution in [3.63, 3.8) is 0 Å². The first-order chi connectivity index (χ1) is 5.77. The summed E-state index contributed by atoms with van der Waals surface area (Å²) in [6.45, 7) is 0. The Morgan fingerprint density at radius 1 is 1.25 bits per heavy atom. The lowest BCUT2D eigenvalue weighted by atomic mass is 10.4. The van der Waals surface area contributed by atoms with Gasteiger partial charge in [-0.1, -0.05) is 11.6 Å². The van der Waals surface area contributed by atoms with E-state index in [4.69, 9.17) is 17.3 Å². The van der Waals surface area contributed by atoms with Crippen LogP contribution in [-0.2, 0) is 0 Å². The summed E-state index contributed by atoms with van der Waals surface area (Å²) in [7, 11) is 0. The topological polar surface area (TPSA) is 77.6 Å². The van der Waals surface area contributed by atoms with E-state index in [0.29, 0.717) is 11.0 Å². The molecule has 0 aliphatic rings. The van der Waals surface area contributed by atoms with E-state index in [2.05, 4.69) is 19.9 Å². The van der Waals surface area contributed by atoms with Crippen LogP contribution in [0.1, 0.15) is 0 Å². The van der Waals surface area contributed by atoms with E-state index in [-0.39, 0.29) is 11.1 Å². The highest BCUT2D eigenvalue weighted by Gasteiger charge is 2.02. The van der Waals surface area contributed by atoms with Crippen molar-refractivity contribution in [2.45, 2.75) is 0 Å². The van der Waals surface area contributed by atoms with Crippen molar-refractivity contribution >= 4 is 28.6 Å². The van der Waals surface area contributed by atoms with Crippen LogP contribution in [0.5, 0.6) is 0 Å². The van der Waals surface area contributed by atoms with Gasteiger partial charge < -0.3 is 5.73 Å². The minimum absolute atomic E-state index is 0.166. The van der Waals surface area contributed by atoms with E-state index < -0.39 is 0 Å². The Balaban J connectivity index is 2.88. The number of rotatable bonds is 0. The lowest BCUT2D eigenvalue weighted by molar-refractivity contribution is 1.16. The molecule has 0 saturated heterocycles. The Morgan fingerprint density at radius 3 is 2.92 bits per heavy atom. The maximum Gasteiger partial charge on any atom is 0.220 e. The van der Waals surface area contributed by atoms with Gasteiger partial charge in [-0.3, -0.25) is 0 Å². The third-order valence-electron chi connectivity index (χ3n) is 1.35. The summed E-state index contributed by atoms with van der Waals surface area (Å²) in [5.74, 6) is 0.166. The molecule has 0 spiro atoms. The summed E-state index contributed by atoms with van der Waals surface area (Å²) in [5, 5.41) is 0.286. The smallest absolute Gasteiger partial charge is 0.220 e. The SMILES string of the molecule is Nc1ncc2ncnc(Cl)c2n1. The zero-order chi connectivity index (χ0) is 8.55. The van der Waals surface area contributed by atoms with Crippen LogP contribution in [0.2, 0.25) is 5.15 Å². The maximum atomic E-state index is 5.73. The van der Waals surface area contributed by atoms with Crippen LogP contribution in [0, 0.1) is 0 Å². The molecule has 0 fully saturated rings. The highest BCUT2D eigenvalue weighted by Crippen LogP contribution is 2.15. The molecule has 0 radical (unpaired) electrons. The van der Waals surface area contributed by atoms with Crippen molar-refractivity contribution in [2.24, 2.45) is 0 Å². The summed E-state index contributed by atoms with van der Waals surface area (Å²) in [4.78, 5) is 15.3. The normalized spacial score (nSPS) is 10.4. The van der Waals surface area contributed by atoms with E-state index in [1.54, 1.807) is 0 Å². The van der Waals surface area contributed by atoms with Gasteiger partial charge >= 0.3 is 0 Å². The first-order valence-corrected chi connectivity index (χ1v) is 3.54. The van der Waals surface area contributed by atoms with Crippen molar-refractivity contribution < 1.29 is 0 Å². The number of halogens is 1. The van der Waals surface area contributed by atoms with E-state index >= 15 is 0 Å². The molecule has 2 heterocycles. The lowest BCUT2D eigenvalue weighted by Gasteiger charge is -1.96. The van der Waals surface area contributed by atoms with Crippen molar-refractivity contribution in [2.75, 3.05) is 5.73 Å². The van der Waals surface area contributed by atoms with Crippen LogP contribution in [0.3, 0.4) is 0 Å². The van der Waals surface area contributed by atoms with E-state index in [9.17, 15) is 0 Å². The molecule has 0 aromatic carbocycles. The van der Waals surface area contributed by atoms with Crippen molar-refractivity contribution in [1.82, 2.24) is 19.9 Å². The van der Waals surface area contributed by atoms with Crippen molar-refractivity contribution in [3.05, 3.63) is 17.7 Å². The summed E-state index contributed by atoms with van der Waals surface area (Å²) >= 11 is 5.73. The number of hydrogen-bond acceptors (Lipinski definition) is 5. The zero-order valence-corrected chi connectivity index (χ0v) is 6.65. The molecule has 0 unspecified atom stereocenters. The largest absolute Gasteiger partial charge is 0.368 e. The molecule has 0 amide bonds. The third-order valence-corrected chi connectivity index (χ3v) is 1.63. The average molecular weight is 182 g/mol. The van der Waals surface area contributed by atoms with Crippen LogP contribution in [0.15, 0.2) is 12.5 Å². The Morgan fingerprint density at radius 2 is 2.08 bits per heavy atom. The van der Waals surface area contributed by atoms with Gasteiger partial charge in [-0.2, -0.15) is 0 Å². The predicted molar refractivity (Wildman–Crippen MR) is 44.6 cm³/mol. The molecule has 0 atom stereocenters. The zero-order valence-electron chi connectivity index (χ0n) is 5.90.